The average molecular weight is 348 g/mol. The van der Waals surface area contributed by atoms with Gasteiger partial charge in [0.1, 0.15) is 15.6 Å². The minimum atomic E-state index is -2.92. The van der Waals surface area contributed by atoms with Crippen LogP contribution in [0.2, 0.25) is 0 Å². The smallest absolute Gasteiger partial charge is 0.148 e. The molecule has 1 N–H and O–H groups in total. The Kier molecular flexibility index (Phi) is 4.86. The van der Waals surface area contributed by atoms with Crippen LogP contribution >= 0.6 is 15.9 Å². The fourth-order valence-electron chi connectivity index (χ4n) is 2.18. The minimum Gasteiger partial charge on any atom is -0.493 e. The van der Waals surface area contributed by atoms with E-state index in [9.17, 15) is 8.42 Å². The zero-order valence-electron chi connectivity index (χ0n) is 10.9. The Morgan fingerprint density at radius 2 is 2.26 bits per heavy atom. The highest BCUT2D eigenvalue weighted by Crippen LogP contribution is 2.33. The second-order valence-electron chi connectivity index (χ2n) is 4.81. The summed E-state index contributed by atoms with van der Waals surface area (Å²) < 4.78 is 29.0. The van der Waals surface area contributed by atoms with Crippen LogP contribution in [0.3, 0.4) is 0 Å². The summed E-state index contributed by atoms with van der Waals surface area (Å²) in [5, 5.41) is 3.32. The van der Waals surface area contributed by atoms with E-state index in [0.717, 1.165) is 28.6 Å². The Balaban J connectivity index is 2.09. The largest absolute Gasteiger partial charge is 0.493 e. The molecule has 0 spiro atoms. The zero-order valence-corrected chi connectivity index (χ0v) is 13.3. The van der Waals surface area contributed by atoms with Crippen molar-refractivity contribution in [1.29, 1.82) is 0 Å². The summed E-state index contributed by atoms with van der Waals surface area (Å²) in [7, 11) is -2.92. The van der Waals surface area contributed by atoms with Gasteiger partial charge in [0, 0.05) is 28.9 Å². The van der Waals surface area contributed by atoms with Crippen LogP contribution in [0.15, 0.2) is 22.7 Å². The molecule has 6 heteroatoms. The monoisotopic (exact) mass is 347 g/mol. The van der Waals surface area contributed by atoms with Crippen molar-refractivity contribution in [2.75, 3.05) is 25.2 Å². The second kappa shape index (κ2) is 6.24. The third-order valence-electron chi connectivity index (χ3n) is 3.11. The third kappa shape index (κ3) is 4.47. The molecular weight excluding hydrogens is 330 g/mol. The molecule has 1 aliphatic rings. The number of rotatable bonds is 4. The molecule has 0 bridgehead atoms. The van der Waals surface area contributed by atoms with Gasteiger partial charge >= 0.3 is 0 Å². The number of halogens is 1. The van der Waals surface area contributed by atoms with Gasteiger partial charge in [-0.15, -0.1) is 0 Å². The molecule has 2 rings (SSSR count). The number of hydrogen-bond donors (Lipinski definition) is 1. The van der Waals surface area contributed by atoms with Crippen LogP contribution in [-0.2, 0) is 9.84 Å². The number of sulfone groups is 1. The molecule has 0 radical (unpaired) electrons. The van der Waals surface area contributed by atoms with E-state index < -0.39 is 9.84 Å². The number of benzene rings is 1. The molecule has 0 aliphatic carbocycles. The molecule has 0 saturated carbocycles. The van der Waals surface area contributed by atoms with Gasteiger partial charge < -0.3 is 10.1 Å². The molecule has 19 heavy (non-hydrogen) atoms. The molecule has 1 aliphatic heterocycles. The normalized spacial score (nSPS) is 19.4. The molecular formula is C13H18BrNO3S. The molecule has 0 amide bonds. The molecule has 0 fully saturated rings. The van der Waals surface area contributed by atoms with Gasteiger partial charge in [0.25, 0.3) is 0 Å². The molecule has 1 heterocycles. The summed E-state index contributed by atoms with van der Waals surface area (Å²) in [5.74, 6) is 1.04. The lowest BCUT2D eigenvalue weighted by Gasteiger charge is -2.18. The maximum atomic E-state index is 11.2. The Hall–Kier alpha value is -0.590. The van der Waals surface area contributed by atoms with Gasteiger partial charge in [-0.05, 0) is 25.0 Å². The van der Waals surface area contributed by atoms with Gasteiger partial charge in [0.2, 0.25) is 0 Å². The summed E-state index contributed by atoms with van der Waals surface area (Å²) >= 11 is 3.43. The summed E-state index contributed by atoms with van der Waals surface area (Å²) in [5.41, 5.74) is 1.11. The number of fused-ring (bicyclic) bond motifs is 1. The van der Waals surface area contributed by atoms with E-state index in [2.05, 4.69) is 21.2 Å². The van der Waals surface area contributed by atoms with Crippen LogP contribution in [0.5, 0.6) is 5.75 Å². The van der Waals surface area contributed by atoms with E-state index in [1.165, 1.54) is 6.26 Å². The quantitative estimate of drug-likeness (QED) is 0.907. The summed E-state index contributed by atoms with van der Waals surface area (Å²) in [6.45, 7) is 1.17. The Morgan fingerprint density at radius 1 is 1.47 bits per heavy atom. The first-order valence-corrected chi connectivity index (χ1v) is 9.14. The highest BCUT2D eigenvalue weighted by atomic mass is 79.9. The zero-order chi connectivity index (χ0) is 13.9. The maximum Gasteiger partial charge on any atom is 0.148 e. The first kappa shape index (κ1) is 14.8. The Labute approximate surface area is 122 Å². The molecule has 4 nitrogen and oxygen atoms in total. The van der Waals surface area contributed by atoms with Crippen molar-refractivity contribution in [2.24, 2.45) is 0 Å². The average Bonchev–Trinajstić information content (AvgIpc) is 2.50. The number of hydrogen-bond acceptors (Lipinski definition) is 4. The van der Waals surface area contributed by atoms with Crippen LogP contribution in [0.1, 0.15) is 24.4 Å². The van der Waals surface area contributed by atoms with Crippen molar-refractivity contribution in [2.45, 2.75) is 18.9 Å². The fourth-order valence-corrected chi connectivity index (χ4v) is 3.01. The van der Waals surface area contributed by atoms with E-state index in [-0.39, 0.29) is 11.8 Å². The molecule has 1 aromatic carbocycles. The lowest BCUT2D eigenvalue weighted by Crippen LogP contribution is -2.26. The molecule has 1 unspecified atom stereocenters. The van der Waals surface area contributed by atoms with E-state index >= 15 is 0 Å². The second-order valence-corrected chi connectivity index (χ2v) is 7.98. The van der Waals surface area contributed by atoms with Gasteiger partial charge in [-0.2, -0.15) is 0 Å². The van der Waals surface area contributed by atoms with E-state index in [4.69, 9.17) is 4.74 Å². The third-order valence-corrected chi connectivity index (χ3v) is 4.55. The molecule has 0 saturated heterocycles. The number of nitrogens with one attached hydrogen (secondary N) is 1. The Bertz CT molecular complexity index is 545. The van der Waals surface area contributed by atoms with Gasteiger partial charge in [0.15, 0.2) is 0 Å². The van der Waals surface area contributed by atoms with E-state index in [0.29, 0.717) is 13.2 Å². The first-order valence-electron chi connectivity index (χ1n) is 6.29. The summed E-state index contributed by atoms with van der Waals surface area (Å²) in [4.78, 5) is 0. The van der Waals surface area contributed by atoms with Gasteiger partial charge in [-0.1, -0.05) is 22.0 Å². The van der Waals surface area contributed by atoms with Crippen LogP contribution in [0.4, 0.5) is 0 Å². The SMILES string of the molecule is CS(=O)(=O)CCNC1CCCOc2cc(Br)ccc21. The highest BCUT2D eigenvalue weighted by Gasteiger charge is 2.19. The standard InChI is InChI=1S/C13H18BrNO3S/c1-19(16,17)8-6-15-12-3-2-7-18-13-9-10(14)4-5-11(12)13/h4-5,9,12,15H,2-3,6-8H2,1H3. The van der Waals surface area contributed by atoms with Crippen molar-refractivity contribution in [1.82, 2.24) is 5.32 Å². The van der Waals surface area contributed by atoms with Crippen molar-refractivity contribution >= 4 is 25.8 Å². The van der Waals surface area contributed by atoms with Crippen LogP contribution < -0.4 is 10.1 Å². The van der Waals surface area contributed by atoms with Crippen LogP contribution in [-0.4, -0.2) is 33.6 Å². The highest BCUT2D eigenvalue weighted by molar-refractivity contribution is 9.10. The van der Waals surface area contributed by atoms with Gasteiger partial charge in [-0.3, -0.25) is 0 Å². The fraction of sp³-hybridized carbons (Fsp3) is 0.538. The van der Waals surface area contributed by atoms with Crippen molar-refractivity contribution in [3.63, 3.8) is 0 Å². The summed E-state index contributed by atoms with van der Waals surface area (Å²) in [6, 6.07) is 6.14. The molecule has 106 valence electrons. The maximum absolute atomic E-state index is 11.2. The predicted molar refractivity (Wildman–Crippen MR) is 79.3 cm³/mol. The van der Waals surface area contributed by atoms with Crippen molar-refractivity contribution < 1.29 is 13.2 Å². The van der Waals surface area contributed by atoms with Crippen molar-refractivity contribution in [3.05, 3.63) is 28.2 Å². The predicted octanol–water partition coefficient (Wildman–Crippen LogP) is 2.30. The molecule has 1 aromatic rings. The molecule has 1 atom stereocenters. The summed E-state index contributed by atoms with van der Waals surface area (Å²) in [6.07, 6.45) is 3.18. The lowest BCUT2D eigenvalue weighted by molar-refractivity contribution is 0.315. The van der Waals surface area contributed by atoms with Gasteiger partial charge in [0.05, 0.1) is 12.4 Å². The first-order chi connectivity index (χ1) is 8.96. The minimum absolute atomic E-state index is 0.160. The number of ether oxygens (including phenoxy) is 1. The van der Waals surface area contributed by atoms with Crippen LogP contribution in [0, 0.1) is 0 Å². The van der Waals surface area contributed by atoms with E-state index in [1.54, 1.807) is 0 Å². The lowest BCUT2D eigenvalue weighted by atomic mass is 10.0. The van der Waals surface area contributed by atoms with Gasteiger partial charge in [-0.25, -0.2) is 8.42 Å². The molecule has 0 aromatic heterocycles. The topological polar surface area (TPSA) is 55.4 Å². The Morgan fingerprint density at radius 3 is 3.00 bits per heavy atom. The van der Waals surface area contributed by atoms with Crippen LogP contribution in [0.25, 0.3) is 0 Å². The van der Waals surface area contributed by atoms with E-state index in [1.807, 2.05) is 18.2 Å². The van der Waals surface area contributed by atoms with Crippen molar-refractivity contribution in [3.8, 4) is 5.75 Å².